The Hall–Kier alpha value is -2.96. The quantitative estimate of drug-likeness (QED) is 0.492. The maximum Gasteiger partial charge on any atom is 0.329 e. The molecule has 2 aromatic rings. The largest absolute Gasteiger partial charge is 0.345 e. The first-order valence-electron chi connectivity index (χ1n) is 6.96. The van der Waals surface area contributed by atoms with Crippen molar-refractivity contribution in [3.05, 3.63) is 48.3 Å². The van der Waals surface area contributed by atoms with Crippen LogP contribution in [0.2, 0.25) is 0 Å². The van der Waals surface area contributed by atoms with Gasteiger partial charge in [-0.2, -0.15) is 10.2 Å². The van der Waals surface area contributed by atoms with E-state index in [2.05, 4.69) is 20.9 Å². The molecule has 1 aromatic carbocycles. The number of hydrazone groups is 1. The lowest BCUT2D eigenvalue weighted by Gasteiger charge is -2.00. The average Bonchev–Trinajstić information content (AvgIpc) is 3.23. The van der Waals surface area contributed by atoms with Crippen molar-refractivity contribution in [1.82, 2.24) is 20.5 Å². The molecule has 0 radical (unpaired) electrons. The Bertz CT molecular complexity index is 704. The van der Waals surface area contributed by atoms with E-state index in [1.54, 1.807) is 17.1 Å². The summed E-state index contributed by atoms with van der Waals surface area (Å²) in [5, 5.41) is 10.5. The molecule has 7 nitrogen and oxygen atoms in total. The summed E-state index contributed by atoms with van der Waals surface area (Å²) in [4.78, 5) is 22.9. The first-order chi connectivity index (χ1) is 10.7. The normalized spacial score (nSPS) is 14.0. The lowest BCUT2D eigenvalue weighted by molar-refractivity contribution is -0.139. The fourth-order valence-electron chi connectivity index (χ4n) is 1.82. The van der Waals surface area contributed by atoms with Crippen LogP contribution in [-0.4, -0.2) is 33.9 Å². The van der Waals surface area contributed by atoms with Gasteiger partial charge in [0.25, 0.3) is 0 Å². The van der Waals surface area contributed by atoms with Crippen LogP contribution in [0, 0.1) is 0 Å². The van der Waals surface area contributed by atoms with Gasteiger partial charge >= 0.3 is 11.8 Å². The van der Waals surface area contributed by atoms with E-state index in [4.69, 9.17) is 0 Å². The Kier molecular flexibility index (Phi) is 3.95. The van der Waals surface area contributed by atoms with Crippen LogP contribution in [0.4, 0.5) is 0 Å². The van der Waals surface area contributed by atoms with Gasteiger partial charge in [0.2, 0.25) is 0 Å². The highest BCUT2D eigenvalue weighted by atomic mass is 16.2. The zero-order valence-electron chi connectivity index (χ0n) is 11.8. The van der Waals surface area contributed by atoms with Crippen LogP contribution in [-0.2, 0) is 9.59 Å². The Morgan fingerprint density at radius 1 is 1.23 bits per heavy atom. The molecule has 0 saturated heterocycles. The number of para-hydroxylation sites is 1. The Labute approximate surface area is 127 Å². The van der Waals surface area contributed by atoms with Gasteiger partial charge in [-0.05, 0) is 25.0 Å². The maximum atomic E-state index is 11.5. The predicted molar refractivity (Wildman–Crippen MR) is 80.5 cm³/mol. The van der Waals surface area contributed by atoms with E-state index in [9.17, 15) is 9.59 Å². The summed E-state index contributed by atoms with van der Waals surface area (Å²) in [5.41, 5.74) is 3.84. The topological polar surface area (TPSA) is 88.4 Å². The van der Waals surface area contributed by atoms with Crippen molar-refractivity contribution in [1.29, 1.82) is 0 Å². The number of aromatic nitrogens is 2. The van der Waals surface area contributed by atoms with E-state index in [1.807, 2.05) is 30.3 Å². The van der Waals surface area contributed by atoms with Crippen molar-refractivity contribution in [3.8, 4) is 5.69 Å². The number of rotatable bonds is 4. The molecular formula is C15H15N5O2. The molecule has 1 aromatic heterocycles. The summed E-state index contributed by atoms with van der Waals surface area (Å²) < 4.78 is 1.70. The summed E-state index contributed by atoms with van der Waals surface area (Å²) in [6.07, 6.45) is 6.69. The summed E-state index contributed by atoms with van der Waals surface area (Å²) in [7, 11) is 0. The third-order valence-electron chi connectivity index (χ3n) is 3.12. The number of carbonyl (C=O) groups is 2. The molecule has 0 bridgehead atoms. The zero-order valence-corrected chi connectivity index (χ0v) is 11.8. The number of nitrogens with one attached hydrogen (secondary N) is 2. The highest BCUT2D eigenvalue weighted by molar-refractivity contribution is 6.35. The zero-order chi connectivity index (χ0) is 15.4. The van der Waals surface area contributed by atoms with Crippen molar-refractivity contribution in [2.75, 3.05) is 0 Å². The highest BCUT2D eigenvalue weighted by Gasteiger charge is 2.26. The molecule has 0 aliphatic heterocycles. The van der Waals surface area contributed by atoms with E-state index < -0.39 is 11.8 Å². The molecule has 1 saturated carbocycles. The van der Waals surface area contributed by atoms with Gasteiger partial charge in [-0.1, -0.05) is 18.2 Å². The van der Waals surface area contributed by atoms with E-state index in [-0.39, 0.29) is 6.04 Å². The first kappa shape index (κ1) is 14.0. The monoisotopic (exact) mass is 297 g/mol. The molecule has 0 atom stereocenters. The molecule has 112 valence electrons. The minimum Gasteiger partial charge on any atom is -0.345 e. The second-order valence-electron chi connectivity index (χ2n) is 5.00. The van der Waals surface area contributed by atoms with Crippen LogP contribution < -0.4 is 10.7 Å². The van der Waals surface area contributed by atoms with Gasteiger partial charge in [-0.3, -0.25) is 9.59 Å². The van der Waals surface area contributed by atoms with Gasteiger partial charge in [0.1, 0.15) is 0 Å². The van der Waals surface area contributed by atoms with Crippen LogP contribution in [0.5, 0.6) is 0 Å². The number of amides is 2. The molecule has 1 aliphatic carbocycles. The van der Waals surface area contributed by atoms with E-state index in [0.717, 1.165) is 18.5 Å². The van der Waals surface area contributed by atoms with Gasteiger partial charge in [-0.25, -0.2) is 10.1 Å². The molecule has 0 unspecified atom stereocenters. The van der Waals surface area contributed by atoms with Gasteiger partial charge in [0, 0.05) is 17.8 Å². The van der Waals surface area contributed by atoms with Gasteiger partial charge in [-0.15, -0.1) is 0 Å². The summed E-state index contributed by atoms with van der Waals surface area (Å²) >= 11 is 0. The van der Waals surface area contributed by atoms with E-state index in [0.29, 0.717) is 5.56 Å². The van der Waals surface area contributed by atoms with E-state index >= 15 is 0 Å². The number of benzene rings is 1. The molecular weight excluding hydrogens is 282 g/mol. The molecule has 2 amide bonds. The summed E-state index contributed by atoms with van der Waals surface area (Å²) in [5.74, 6) is -1.42. The molecule has 1 fully saturated rings. The number of carbonyl (C=O) groups excluding carboxylic acids is 2. The molecule has 3 rings (SSSR count). The number of nitrogens with zero attached hydrogens (tertiary/aromatic N) is 3. The molecule has 22 heavy (non-hydrogen) atoms. The van der Waals surface area contributed by atoms with Crippen LogP contribution in [0.3, 0.4) is 0 Å². The van der Waals surface area contributed by atoms with E-state index in [1.165, 1.54) is 6.21 Å². The lowest BCUT2D eigenvalue weighted by atomic mass is 10.3. The Morgan fingerprint density at radius 3 is 2.73 bits per heavy atom. The fourth-order valence-corrected chi connectivity index (χ4v) is 1.82. The van der Waals surface area contributed by atoms with Crippen molar-refractivity contribution in [2.45, 2.75) is 18.9 Å². The maximum absolute atomic E-state index is 11.5. The molecule has 1 heterocycles. The molecule has 0 spiro atoms. The van der Waals surface area contributed by atoms with Crippen LogP contribution in [0.15, 0.2) is 47.8 Å². The third kappa shape index (κ3) is 3.57. The van der Waals surface area contributed by atoms with Crippen molar-refractivity contribution in [3.63, 3.8) is 0 Å². The summed E-state index contributed by atoms with van der Waals surface area (Å²) in [6, 6.07) is 9.77. The predicted octanol–water partition coefficient (Wildman–Crippen LogP) is 0.601. The molecule has 2 N–H and O–H groups in total. The second-order valence-corrected chi connectivity index (χ2v) is 5.00. The third-order valence-corrected chi connectivity index (χ3v) is 3.12. The minimum atomic E-state index is -0.765. The fraction of sp³-hybridized carbons (Fsp3) is 0.200. The summed E-state index contributed by atoms with van der Waals surface area (Å²) in [6.45, 7) is 0. The average molecular weight is 297 g/mol. The minimum absolute atomic E-state index is 0.145. The van der Waals surface area contributed by atoms with Gasteiger partial charge in [0.15, 0.2) is 0 Å². The number of hydrogen-bond donors (Lipinski definition) is 2. The van der Waals surface area contributed by atoms with Gasteiger partial charge < -0.3 is 5.32 Å². The highest BCUT2D eigenvalue weighted by Crippen LogP contribution is 2.18. The standard InChI is InChI=1S/C15H15N5O2/c21-14(18-12-6-7-12)15(22)19-16-8-11-9-17-20(10-11)13-4-2-1-3-5-13/h1-5,8-10,12H,6-7H2,(H,18,21)(H,19,22)/b16-8-. The lowest BCUT2D eigenvalue weighted by Crippen LogP contribution is -2.38. The van der Waals surface area contributed by atoms with Crippen molar-refractivity contribution < 1.29 is 9.59 Å². The molecule has 1 aliphatic rings. The Morgan fingerprint density at radius 2 is 2.00 bits per heavy atom. The van der Waals surface area contributed by atoms with Crippen molar-refractivity contribution >= 4 is 18.0 Å². The SMILES string of the molecule is O=C(N/N=C\c1cnn(-c2ccccc2)c1)C(=O)NC1CC1. The number of hydrogen-bond acceptors (Lipinski definition) is 4. The van der Waals surface area contributed by atoms with Crippen LogP contribution >= 0.6 is 0 Å². The second kappa shape index (κ2) is 6.21. The van der Waals surface area contributed by atoms with Gasteiger partial charge in [0.05, 0.1) is 18.1 Å². The van der Waals surface area contributed by atoms with Crippen LogP contribution in [0.25, 0.3) is 5.69 Å². The molecule has 7 heteroatoms. The van der Waals surface area contributed by atoms with Crippen LogP contribution in [0.1, 0.15) is 18.4 Å². The first-order valence-corrected chi connectivity index (χ1v) is 6.96. The Balaban J connectivity index is 1.55. The van der Waals surface area contributed by atoms with Crippen molar-refractivity contribution in [2.24, 2.45) is 5.10 Å². The smallest absolute Gasteiger partial charge is 0.329 e.